The number of benzene rings is 1. The van der Waals surface area contributed by atoms with Crippen molar-refractivity contribution in [3.63, 3.8) is 0 Å². The van der Waals surface area contributed by atoms with E-state index in [0.29, 0.717) is 0 Å². The SMILES string of the molecule is CN(C)CCCCCCCCCCCCc1ccccc1. The first kappa shape index (κ1) is 18.2. The molecule has 21 heavy (non-hydrogen) atoms. The van der Waals surface area contributed by atoms with Crippen LogP contribution >= 0.6 is 0 Å². The highest BCUT2D eigenvalue weighted by atomic mass is 15.0. The molecule has 0 bridgehead atoms. The van der Waals surface area contributed by atoms with Gasteiger partial charge in [-0.1, -0.05) is 81.7 Å². The topological polar surface area (TPSA) is 3.24 Å². The van der Waals surface area contributed by atoms with Crippen molar-refractivity contribution in [2.75, 3.05) is 20.6 Å². The van der Waals surface area contributed by atoms with Crippen LogP contribution in [-0.2, 0) is 6.42 Å². The fourth-order valence-corrected chi connectivity index (χ4v) is 2.82. The van der Waals surface area contributed by atoms with Crippen LogP contribution in [0.5, 0.6) is 0 Å². The second-order valence-electron chi connectivity index (χ2n) is 6.57. The van der Waals surface area contributed by atoms with Gasteiger partial charge in [0, 0.05) is 0 Å². The molecule has 1 aromatic rings. The lowest BCUT2D eigenvalue weighted by Crippen LogP contribution is -2.12. The van der Waals surface area contributed by atoms with Crippen LogP contribution in [0.3, 0.4) is 0 Å². The van der Waals surface area contributed by atoms with E-state index in [9.17, 15) is 0 Å². The number of unbranched alkanes of at least 4 members (excludes halogenated alkanes) is 9. The second-order valence-corrected chi connectivity index (χ2v) is 6.57. The Morgan fingerprint density at radius 2 is 1.10 bits per heavy atom. The maximum atomic E-state index is 2.29. The summed E-state index contributed by atoms with van der Waals surface area (Å²) in [6, 6.07) is 10.9. The Morgan fingerprint density at radius 3 is 1.62 bits per heavy atom. The summed E-state index contributed by atoms with van der Waals surface area (Å²) in [5.74, 6) is 0. The van der Waals surface area contributed by atoms with Gasteiger partial charge >= 0.3 is 0 Å². The highest BCUT2D eigenvalue weighted by Crippen LogP contribution is 2.12. The van der Waals surface area contributed by atoms with E-state index in [-0.39, 0.29) is 0 Å². The lowest BCUT2D eigenvalue weighted by molar-refractivity contribution is 0.389. The maximum absolute atomic E-state index is 2.29. The van der Waals surface area contributed by atoms with E-state index in [1.165, 1.54) is 82.7 Å². The van der Waals surface area contributed by atoms with E-state index in [1.807, 2.05) is 0 Å². The average molecular weight is 290 g/mol. The van der Waals surface area contributed by atoms with Gasteiger partial charge in [-0.25, -0.2) is 0 Å². The van der Waals surface area contributed by atoms with E-state index in [4.69, 9.17) is 0 Å². The first-order chi connectivity index (χ1) is 10.3. The van der Waals surface area contributed by atoms with E-state index in [2.05, 4.69) is 49.3 Å². The third-order valence-corrected chi connectivity index (χ3v) is 4.16. The normalized spacial score (nSPS) is 11.2. The minimum absolute atomic E-state index is 1.25. The molecule has 120 valence electrons. The average Bonchev–Trinajstić information content (AvgIpc) is 2.49. The van der Waals surface area contributed by atoms with Gasteiger partial charge < -0.3 is 4.90 Å². The molecule has 0 aliphatic heterocycles. The van der Waals surface area contributed by atoms with Gasteiger partial charge in [-0.05, 0) is 45.5 Å². The minimum atomic E-state index is 1.25. The Hall–Kier alpha value is -0.820. The van der Waals surface area contributed by atoms with Crippen LogP contribution in [0.25, 0.3) is 0 Å². The Labute approximate surface area is 132 Å². The molecule has 0 amide bonds. The van der Waals surface area contributed by atoms with E-state index in [1.54, 1.807) is 0 Å². The van der Waals surface area contributed by atoms with Crippen LogP contribution in [-0.4, -0.2) is 25.5 Å². The molecule has 1 heteroatoms. The summed E-state index contributed by atoms with van der Waals surface area (Å²) in [7, 11) is 4.33. The molecule has 0 saturated carbocycles. The maximum Gasteiger partial charge on any atom is -0.00248 e. The summed E-state index contributed by atoms with van der Waals surface area (Å²) in [4.78, 5) is 2.29. The van der Waals surface area contributed by atoms with Gasteiger partial charge in [-0.2, -0.15) is 0 Å². The fraction of sp³-hybridized carbons (Fsp3) is 0.700. The zero-order chi connectivity index (χ0) is 15.2. The third kappa shape index (κ3) is 11.5. The Kier molecular flexibility index (Phi) is 11.2. The number of hydrogen-bond acceptors (Lipinski definition) is 1. The number of nitrogens with zero attached hydrogens (tertiary/aromatic N) is 1. The van der Waals surface area contributed by atoms with E-state index in [0.717, 1.165) is 0 Å². The molecule has 1 rings (SSSR count). The highest BCUT2D eigenvalue weighted by Gasteiger charge is 1.95. The molecule has 0 aliphatic carbocycles. The lowest BCUT2D eigenvalue weighted by atomic mass is 10.0. The second kappa shape index (κ2) is 12.9. The summed E-state index contributed by atoms with van der Waals surface area (Å²) in [5.41, 5.74) is 1.50. The molecule has 0 N–H and O–H groups in total. The Balaban J connectivity index is 1.77. The summed E-state index contributed by atoms with van der Waals surface area (Å²) in [6.45, 7) is 1.25. The van der Waals surface area contributed by atoms with Crippen LogP contribution in [0.1, 0.15) is 69.8 Å². The molecular weight excluding hydrogens is 254 g/mol. The molecule has 0 saturated heterocycles. The molecule has 0 atom stereocenters. The number of rotatable bonds is 13. The summed E-state index contributed by atoms with van der Waals surface area (Å²) >= 11 is 0. The van der Waals surface area contributed by atoms with Crippen LogP contribution in [0.4, 0.5) is 0 Å². The zero-order valence-electron chi connectivity index (χ0n) is 14.3. The van der Waals surface area contributed by atoms with Gasteiger partial charge in [0.05, 0.1) is 0 Å². The molecule has 0 spiro atoms. The Bertz CT molecular complexity index is 318. The fourth-order valence-electron chi connectivity index (χ4n) is 2.82. The minimum Gasteiger partial charge on any atom is -0.309 e. The van der Waals surface area contributed by atoms with Gasteiger partial charge in [0.15, 0.2) is 0 Å². The van der Waals surface area contributed by atoms with Gasteiger partial charge in [-0.15, -0.1) is 0 Å². The van der Waals surface area contributed by atoms with Gasteiger partial charge in [-0.3, -0.25) is 0 Å². The van der Waals surface area contributed by atoms with Crippen LogP contribution in [0.15, 0.2) is 30.3 Å². The molecule has 0 aromatic heterocycles. The summed E-state index contributed by atoms with van der Waals surface area (Å²) in [5, 5.41) is 0. The molecule has 1 aromatic carbocycles. The van der Waals surface area contributed by atoms with Gasteiger partial charge in [0.1, 0.15) is 0 Å². The van der Waals surface area contributed by atoms with Crippen molar-refractivity contribution in [2.45, 2.75) is 70.6 Å². The van der Waals surface area contributed by atoms with Crippen LogP contribution in [0.2, 0.25) is 0 Å². The van der Waals surface area contributed by atoms with Crippen LogP contribution in [0, 0.1) is 0 Å². The molecule has 0 radical (unpaired) electrons. The smallest absolute Gasteiger partial charge is 0.00248 e. The summed E-state index contributed by atoms with van der Waals surface area (Å²) in [6.07, 6.45) is 15.4. The van der Waals surface area contributed by atoms with Crippen molar-refractivity contribution >= 4 is 0 Å². The largest absolute Gasteiger partial charge is 0.309 e. The van der Waals surface area contributed by atoms with Crippen molar-refractivity contribution < 1.29 is 0 Å². The first-order valence-corrected chi connectivity index (χ1v) is 8.97. The molecular formula is C20H35N. The highest BCUT2D eigenvalue weighted by molar-refractivity contribution is 5.14. The molecule has 0 heterocycles. The van der Waals surface area contributed by atoms with Crippen molar-refractivity contribution in [3.8, 4) is 0 Å². The predicted octanol–water partition coefficient (Wildman–Crippen LogP) is 5.69. The molecule has 0 aliphatic rings. The Morgan fingerprint density at radius 1 is 0.619 bits per heavy atom. The standard InChI is InChI=1S/C20H35N/c1-21(2)19-15-10-8-6-4-3-5-7-9-12-16-20-17-13-11-14-18-20/h11,13-14,17-18H,3-10,12,15-16,19H2,1-2H3. The van der Waals surface area contributed by atoms with Crippen molar-refractivity contribution in [2.24, 2.45) is 0 Å². The monoisotopic (exact) mass is 289 g/mol. The van der Waals surface area contributed by atoms with Crippen molar-refractivity contribution in [1.29, 1.82) is 0 Å². The van der Waals surface area contributed by atoms with Gasteiger partial charge in [0.2, 0.25) is 0 Å². The quantitative estimate of drug-likeness (QED) is 0.421. The van der Waals surface area contributed by atoms with E-state index < -0.39 is 0 Å². The van der Waals surface area contributed by atoms with Crippen molar-refractivity contribution in [3.05, 3.63) is 35.9 Å². The molecule has 0 unspecified atom stereocenters. The molecule has 1 nitrogen and oxygen atoms in total. The van der Waals surface area contributed by atoms with Crippen LogP contribution < -0.4 is 0 Å². The predicted molar refractivity (Wildman–Crippen MR) is 94.9 cm³/mol. The number of aryl methyl sites for hydroxylation is 1. The lowest BCUT2D eigenvalue weighted by Gasteiger charge is -2.08. The third-order valence-electron chi connectivity index (χ3n) is 4.16. The van der Waals surface area contributed by atoms with Gasteiger partial charge in [0.25, 0.3) is 0 Å². The molecule has 0 fully saturated rings. The number of hydrogen-bond donors (Lipinski definition) is 0. The summed E-state index contributed by atoms with van der Waals surface area (Å²) < 4.78 is 0. The zero-order valence-corrected chi connectivity index (χ0v) is 14.3. The first-order valence-electron chi connectivity index (χ1n) is 8.97. The van der Waals surface area contributed by atoms with Crippen molar-refractivity contribution in [1.82, 2.24) is 4.90 Å². The van der Waals surface area contributed by atoms with E-state index >= 15 is 0 Å².